The molecule has 0 unspecified atom stereocenters. The largest absolute Gasteiger partial charge is 0.311 e. The van der Waals surface area contributed by atoms with E-state index in [2.05, 4.69) is 98.5 Å². The summed E-state index contributed by atoms with van der Waals surface area (Å²) in [5.74, 6) is 0. The minimum atomic E-state index is 0. The van der Waals surface area contributed by atoms with Gasteiger partial charge in [0.2, 0.25) is 0 Å². The van der Waals surface area contributed by atoms with Crippen LogP contribution in [0.2, 0.25) is 0 Å². The van der Waals surface area contributed by atoms with Crippen LogP contribution in [0.15, 0.2) is 72.8 Å². The number of halogens is 1. The van der Waals surface area contributed by atoms with Gasteiger partial charge < -0.3 is 4.90 Å². The maximum absolute atomic E-state index is 2.29. The van der Waals surface area contributed by atoms with Crippen LogP contribution in [0.1, 0.15) is 16.7 Å². The highest BCUT2D eigenvalue weighted by molar-refractivity contribution is 14.0. The van der Waals surface area contributed by atoms with Crippen molar-refractivity contribution in [2.75, 3.05) is 4.90 Å². The first-order valence-corrected chi connectivity index (χ1v) is 7.63. The lowest BCUT2D eigenvalue weighted by Gasteiger charge is -2.25. The van der Waals surface area contributed by atoms with Gasteiger partial charge in [-0.05, 0) is 57.2 Å². The van der Waals surface area contributed by atoms with Gasteiger partial charge in [0.1, 0.15) is 0 Å². The van der Waals surface area contributed by atoms with Gasteiger partial charge in [0, 0.05) is 17.1 Å². The zero-order valence-corrected chi connectivity index (χ0v) is 16.1. The van der Waals surface area contributed by atoms with E-state index in [1.807, 2.05) is 0 Å². The average molecular weight is 415 g/mol. The third-order valence-corrected chi connectivity index (χ3v) is 3.88. The number of benzene rings is 3. The van der Waals surface area contributed by atoms with Gasteiger partial charge in [0.05, 0.1) is 0 Å². The van der Waals surface area contributed by atoms with E-state index in [0.717, 1.165) is 0 Å². The highest BCUT2D eigenvalue weighted by Crippen LogP contribution is 2.34. The zero-order chi connectivity index (χ0) is 15.5. The second kappa shape index (κ2) is 7.64. The Balaban J connectivity index is 0.00000192. The number of anilines is 3. The molecule has 0 radical (unpaired) electrons. The van der Waals surface area contributed by atoms with Gasteiger partial charge in [-0.15, -0.1) is 24.0 Å². The van der Waals surface area contributed by atoms with Gasteiger partial charge in [-0.3, -0.25) is 0 Å². The summed E-state index contributed by atoms with van der Waals surface area (Å²) in [6.45, 7) is 6.35. The molecule has 0 aliphatic heterocycles. The SMILES string of the molecule is Cc1ccc(N(c2ccc(C)cc2)c2ccc(C)cc2)cc1.I. The van der Waals surface area contributed by atoms with Crippen LogP contribution in [0.4, 0.5) is 17.1 Å². The van der Waals surface area contributed by atoms with Crippen molar-refractivity contribution in [2.45, 2.75) is 20.8 Å². The third kappa shape index (κ3) is 4.14. The number of rotatable bonds is 3. The van der Waals surface area contributed by atoms with E-state index in [4.69, 9.17) is 0 Å². The van der Waals surface area contributed by atoms with Gasteiger partial charge in [-0.2, -0.15) is 0 Å². The van der Waals surface area contributed by atoms with Gasteiger partial charge in [0.15, 0.2) is 0 Å². The van der Waals surface area contributed by atoms with Crippen molar-refractivity contribution in [2.24, 2.45) is 0 Å². The smallest absolute Gasteiger partial charge is 0.0461 e. The van der Waals surface area contributed by atoms with Crippen LogP contribution in [-0.4, -0.2) is 0 Å². The molecule has 0 saturated carbocycles. The molecule has 0 fully saturated rings. The predicted molar refractivity (Wildman–Crippen MR) is 111 cm³/mol. The molecule has 0 N–H and O–H groups in total. The summed E-state index contributed by atoms with van der Waals surface area (Å²) in [5, 5.41) is 0. The number of hydrogen-bond donors (Lipinski definition) is 0. The minimum absolute atomic E-state index is 0. The van der Waals surface area contributed by atoms with Gasteiger partial charge >= 0.3 is 0 Å². The molecule has 0 atom stereocenters. The summed E-state index contributed by atoms with van der Waals surface area (Å²) >= 11 is 0. The Morgan fingerprint density at radius 2 is 0.652 bits per heavy atom. The van der Waals surface area contributed by atoms with E-state index in [9.17, 15) is 0 Å². The Kier molecular flexibility index (Phi) is 5.83. The number of nitrogens with zero attached hydrogens (tertiary/aromatic N) is 1. The van der Waals surface area contributed by atoms with E-state index in [-0.39, 0.29) is 24.0 Å². The van der Waals surface area contributed by atoms with Crippen LogP contribution in [0.3, 0.4) is 0 Å². The van der Waals surface area contributed by atoms with Crippen LogP contribution in [0.5, 0.6) is 0 Å². The molecule has 0 amide bonds. The molecule has 3 rings (SSSR count). The molecule has 0 bridgehead atoms. The lowest BCUT2D eigenvalue weighted by molar-refractivity contribution is 1.26. The van der Waals surface area contributed by atoms with Crippen LogP contribution in [0.25, 0.3) is 0 Å². The van der Waals surface area contributed by atoms with Crippen LogP contribution in [0, 0.1) is 20.8 Å². The fourth-order valence-corrected chi connectivity index (χ4v) is 2.53. The monoisotopic (exact) mass is 415 g/mol. The highest BCUT2D eigenvalue weighted by atomic mass is 127. The van der Waals surface area contributed by atoms with Crippen molar-refractivity contribution >= 4 is 41.0 Å². The topological polar surface area (TPSA) is 3.24 Å². The molecule has 1 nitrogen and oxygen atoms in total. The lowest BCUT2D eigenvalue weighted by atomic mass is 10.1. The van der Waals surface area contributed by atoms with Gasteiger partial charge in [-0.1, -0.05) is 53.1 Å². The van der Waals surface area contributed by atoms with Crippen LogP contribution >= 0.6 is 24.0 Å². The minimum Gasteiger partial charge on any atom is -0.311 e. The Bertz CT molecular complexity index is 635. The molecule has 0 saturated heterocycles. The van der Waals surface area contributed by atoms with Crippen molar-refractivity contribution < 1.29 is 0 Å². The molecule has 118 valence electrons. The molecule has 0 aromatic heterocycles. The maximum Gasteiger partial charge on any atom is 0.0461 e. The Labute approximate surface area is 156 Å². The fraction of sp³-hybridized carbons (Fsp3) is 0.143. The molecule has 0 spiro atoms. The normalized spacial score (nSPS) is 10.0. The Hall–Kier alpha value is -1.81. The molecule has 3 aromatic carbocycles. The second-order valence-corrected chi connectivity index (χ2v) is 5.84. The van der Waals surface area contributed by atoms with Crippen molar-refractivity contribution in [3.63, 3.8) is 0 Å². The van der Waals surface area contributed by atoms with Crippen molar-refractivity contribution in [3.8, 4) is 0 Å². The molecule has 0 aliphatic carbocycles. The van der Waals surface area contributed by atoms with E-state index in [0.29, 0.717) is 0 Å². The highest BCUT2D eigenvalue weighted by Gasteiger charge is 2.11. The van der Waals surface area contributed by atoms with E-state index in [1.165, 1.54) is 33.8 Å². The Morgan fingerprint density at radius 1 is 0.435 bits per heavy atom. The second-order valence-electron chi connectivity index (χ2n) is 5.84. The number of hydrogen-bond acceptors (Lipinski definition) is 1. The van der Waals surface area contributed by atoms with Crippen LogP contribution < -0.4 is 4.90 Å². The van der Waals surface area contributed by atoms with E-state index < -0.39 is 0 Å². The number of aryl methyl sites for hydroxylation is 3. The summed E-state index contributed by atoms with van der Waals surface area (Å²) < 4.78 is 0. The summed E-state index contributed by atoms with van der Waals surface area (Å²) in [6.07, 6.45) is 0. The molecule has 3 aromatic rings. The molecular formula is C21H22IN. The lowest BCUT2D eigenvalue weighted by Crippen LogP contribution is -2.09. The average Bonchev–Trinajstić information content (AvgIpc) is 2.53. The fourth-order valence-electron chi connectivity index (χ4n) is 2.53. The van der Waals surface area contributed by atoms with Gasteiger partial charge in [0.25, 0.3) is 0 Å². The van der Waals surface area contributed by atoms with Gasteiger partial charge in [-0.25, -0.2) is 0 Å². The molecule has 23 heavy (non-hydrogen) atoms. The van der Waals surface area contributed by atoms with Crippen LogP contribution in [-0.2, 0) is 0 Å². The summed E-state index contributed by atoms with van der Waals surface area (Å²) in [5.41, 5.74) is 7.36. The first-order chi connectivity index (χ1) is 10.6. The molecule has 2 heteroatoms. The van der Waals surface area contributed by atoms with Crippen molar-refractivity contribution in [1.29, 1.82) is 0 Å². The summed E-state index contributed by atoms with van der Waals surface area (Å²) in [4.78, 5) is 2.29. The summed E-state index contributed by atoms with van der Waals surface area (Å²) in [7, 11) is 0. The zero-order valence-electron chi connectivity index (χ0n) is 13.8. The van der Waals surface area contributed by atoms with E-state index >= 15 is 0 Å². The quantitative estimate of drug-likeness (QED) is 0.431. The first-order valence-electron chi connectivity index (χ1n) is 7.63. The van der Waals surface area contributed by atoms with Crippen molar-refractivity contribution in [1.82, 2.24) is 0 Å². The predicted octanol–water partition coefficient (Wildman–Crippen LogP) is 6.70. The standard InChI is InChI=1S/C21H21N.HI/c1-16-4-10-19(11-5-16)22(20-12-6-17(2)7-13-20)21-14-8-18(3)9-15-21;/h4-15H,1-3H3;1H. The van der Waals surface area contributed by atoms with Crippen molar-refractivity contribution in [3.05, 3.63) is 89.5 Å². The molecular weight excluding hydrogens is 393 g/mol. The molecule has 0 heterocycles. The van der Waals surface area contributed by atoms with E-state index in [1.54, 1.807) is 0 Å². The first kappa shape index (κ1) is 17.5. The summed E-state index contributed by atoms with van der Waals surface area (Å²) in [6, 6.07) is 26.0. The molecule has 0 aliphatic rings. The maximum atomic E-state index is 2.29. The Morgan fingerprint density at radius 3 is 0.870 bits per heavy atom. The third-order valence-electron chi connectivity index (χ3n) is 3.88.